The third-order valence-corrected chi connectivity index (χ3v) is 2.01. The fraction of sp³-hybridized carbons (Fsp3) is 0.625. The molecule has 0 unspecified atom stereocenters. The van der Waals surface area contributed by atoms with Crippen molar-refractivity contribution >= 4 is 14.1 Å². The minimum absolute atomic E-state index is 0.0509. The molecule has 0 atom stereocenters. The molecule has 0 saturated heterocycles. The van der Waals surface area contributed by atoms with E-state index in [1.807, 2.05) is 6.92 Å². The van der Waals surface area contributed by atoms with Gasteiger partial charge in [-0.15, -0.1) is 0 Å². The summed E-state index contributed by atoms with van der Waals surface area (Å²) in [5.74, 6) is 0.0509. The lowest BCUT2D eigenvalue weighted by Crippen LogP contribution is -2.28. The van der Waals surface area contributed by atoms with Gasteiger partial charge in [0.25, 0.3) is 0 Å². The van der Waals surface area contributed by atoms with Gasteiger partial charge in [0.15, 0.2) is 14.1 Å². The molecule has 0 aromatic rings. The van der Waals surface area contributed by atoms with Crippen LogP contribution in [0.3, 0.4) is 0 Å². The summed E-state index contributed by atoms with van der Waals surface area (Å²) in [6.07, 6.45) is 3.27. The van der Waals surface area contributed by atoms with Crippen molar-refractivity contribution in [2.45, 2.75) is 26.6 Å². The topological polar surface area (TPSA) is 26.3 Å². The number of allylic oxidation sites excluding steroid dienone is 1. The molecule has 0 heterocycles. The molecule has 0 aliphatic carbocycles. The van der Waals surface area contributed by atoms with E-state index in [1.165, 1.54) is 0 Å². The van der Waals surface area contributed by atoms with Gasteiger partial charge in [0.2, 0.25) is 0 Å². The number of ketones is 1. The first-order valence-electron chi connectivity index (χ1n) is 3.75. The summed E-state index contributed by atoms with van der Waals surface area (Å²) in [5.41, 5.74) is 0. The van der Waals surface area contributed by atoms with Crippen LogP contribution in [0, 0.1) is 0 Å². The number of hydrogen-bond donors (Lipinski definition) is 0. The minimum Gasteiger partial charge on any atom is -0.410 e. The molecule has 0 amide bonds. The molecule has 0 fully saturated rings. The van der Waals surface area contributed by atoms with Crippen molar-refractivity contribution in [3.05, 3.63) is 12.2 Å². The van der Waals surface area contributed by atoms with Crippen LogP contribution in [0.2, 0.25) is 19.6 Å². The normalized spacial score (nSPS) is 12.4. The summed E-state index contributed by atoms with van der Waals surface area (Å²) in [7, 11) is -1.50. The number of rotatable bonds is 4. The molecule has 0 spiro atoms. The van der Waals surface area contributed by atoms with Crippen molar-refractivity contribution in [3.63, 3.8) is 0 Å². The molecule has 0 bridgehead atoms. The summed E-state index contributed by atoms with van der Waals surface area (Å²) in [6.45, 7) is 8.26. The van der Waals surface area contributed by atoms with Crippen molar-refractivity contribution in [2.24, 2.45) is 0 Å². The molecule has 2 nitrogen and oxygen atoms in total. The van der Waals surface area contributed by atoms with E-state index in [4.69, 9.17) is 4.43 Å². The second-order valence-corrected chi connectivity index (χ2v) is 7.88. The smallest absolute Gasteiger partial charge is 0.184 e. The van der Waals surface area contributed by atoms with Crippen LogP contribution >= 0.6 is 0 Å². The monoisotopic (exact) mass is 172 g/mol. The van der Waals surface area contributed by atoms with Gasteiger partial charge < -0.3 is 4.43 Å². The van der Waals surface area contributed by atoms with E-state index in [0.717, 1.165) is 0 Å². The van der Waals surface area contributed by atoms with E-state index in [-0.39, 0.29) is 12.4 Å². The molecule has 0 aromatic carbocycles. The zero-order valence-electron chi connectivity index (χ0n) is 7.68. The summed E-state index contributed by atoms with van der Waals surface area (Å²) in [4.78, 5) is 10.9. The molecular weight excluding hydrogens is 156 g/mol. The van der Waals surface area contributed by atoms with Crippen LogP contribution in [0.25, 0.3) is 0 Å². The van der Waals surface area contributed by atoms with E-state index in [0.29, 0.717) is 0 Å². The van der Waals surface area contributed by atoms with Crippen molar-refractivity contribution in [1.29, 1.82) is 0 Å². The highest BCUT2D eigenvalue weighted by atomic mass is 28.4. The lowest BCUT2D eigenvalue weighted by molar-refractivity contribution is -0.116. The summed E-state index contributed by atoms with van der Waals surface area (Å²) >= 11 is 0. The molecule has 0 aliphatic rings. The van der Waals surface area contributed by atoms with Crippen molar-refractivity contribution in [1.82, 2.24) is 0 Å². The van der Waals surface area contributed by atoms with Gasteiger partial charge in [-0.25, -0.2) is 0 Å². The van der Waals surface area contributed by atoms with Crippen LogP contribution < -0.4 is 0 Å². The Balaban J connectivity index is 3.63. The highest BCUT2D eigenvalue weighted by molar-refractivity contribution is 6.69. The zero-order chi connectivity index (χ0) is 8.91. The first-order valence-corrected chi connectivity index (χ1v) is 7.16. The van der Waals surface area contributed by atoms with E-state index < -0.39 is 8.32 Å². The Kier molecular flexibility index (Phi) is 4.29. The molecule has 0 N–H and O–H groups in total. The first kappa shape index (κ1) is 10.6. The third-order valence-electron chi connectivity index (χ3n) is 1.000. The van der Waals surface area contributed by atoms with E-state index in [2.05, 4.69) is 19.6 Å². The van der Waals surface area contributed by atoms with E-state index in [9.17, 15) is 4.79 Å². The maximum absolute atomic E-state index is 10.9. The molecule has 11 heavy (non-hydrogen) atoms. The molecule has 0 saturated carbocycles. The third kappa shape index (κ3) is 7.48. The fourth-order valence-electron chi connectivity index (χ4n) is 0.522. The molecule has 0 aliphatic heterocycles. The summed E-state index contributed by atoms with van der Waals surface area (Å²) < 4.78 is 5.38. The largest absolute Gasteiger partial charge is 0.410 e. The molecule has 0 rings (SSSR count). The van der Waals surface area contributed by atoms with Gasteiger partial charge in [0, 0.05) is 0 Å². The molecule has 0 radical (unpaired) electrons. The minimum atomic E-state index is -1.50. The Bertz CT molecular complexity index is 156. The number of hydrogen-bond acceptors (Lipinski definition) is 2. The Hall–Kier alpha value is -0.413. The van der Waals surface area contributed by atoms with Gasteiger partial charge in [0.05, 0.1) is 6.61 Å². The molecule has 64 valence electrons. The SMILES string of the molecule is C/C=C/C(=O)CO[Si](C)(C)C. The Morgan fingerprint density at radius 1 is 1.45 bits per heavy atom. The predicted octanol–water partition coefficient (Wildman–Crippen LogP) is 1.98. The van der Waals surface area contributed by atoms with Crippen molar-refractivity contribution in [2.75, 3.05) is 6.61 Å². The second-order valence-electron chi connectivity index (χ2n) is 3.37. The zero-order valence-corrected chi connectivity index (χ0v) is 8.68. The summed E-state index contributed by atoms with van der Waals surface area (Å²) in [6, 6.07) is 0. The summed E-state index contributed by atoms with van der Waals surface area (Å²) in [5, 5.41) is 0. The number of carbonyl (C=O) groups is 1. The van der Waals surface area contributed by atoms with Crippen LogP contribution in [0.4, 0.5) is 0 Å². The standard InChI is InChI=1S/C8H16O2Si/c1-5-6-8(9)7-10-11(2,3)4/h5-6H,7H2,1-4H3/b6-5+. The van der Waals surface area contributed by atoms with E-state index in [1.54, 1.807) is 12.2 Å². The molecule has 3 heteroatoms. The fourth-order valence-corrected chi connectivity index (χ4v) is 1.10. The molecular formula is C8H16O2Si. The lowest BCUT2D eigenvalue weighted by atomic mass is 10.4. The van der Waals surface area contributed by atoms with Crippen LogP contribution in [-0.2, 0) is 9.22 Å². The van der Waals surface area contributed by atoms with Crippen molar-refractivity contribution in [3.8, 4) is 0 Å². The number of carbonyl (C=O) groups excluding carboxylic acids is 1. The predicted molar refractivity (Wildman–Crippen MR) is 49.1 cm³/mol. The van der Waals surface area contributed by atoms with Gasteiger partial charge in [-0.3, -0.25) is 4.79 Å². The Morgan fingerprint density at radius 2 is 2.00 bits per heavy atom. The van der Waals surface area contributed by atoms with Crippen molar-refractivity contribution < 1.29 is 9.22 Å². The Labute approximate surface area is 69.4 Å². The quantitative estimate of drug-likeness (QED) is 0.479. The Morgan fingerprint density at radius 3 is 2.36 bits per heavy atom. The lowest BCUT2D eigenvalue weighted by Gasteiger charge is -2.15. The van der Waals surface area contributed by atoms with Gasteiger partial charge in [-0.1, -0.05) is 6.08 Å². The van der Waals surface area contributed by atoms with Gasteiger partial charge in [-0.05, 0) is 32.6 Å². The van der Waals surface area contributed by atoms with Gasteiger partial charge in [-0.2, -0.15) is 0 Å². The maximum Gasteiger partial charge on any atom is 0.184 e. The van der Waals surface area contributed by atoms with Crippen LogP contribution in [-0.4, -0.2) is 20.7 Å². The maximum atomic E-state index is 10.9. The van der Waals surface area contributed by atoms with Gasteiger partial charge in [0.1, 0.15) is 0 Å². The first-order chi connectivity index (χ1) is 4.95. The van der Waals surface area contributed by atoms with Gasteiger partial charge >= 0.3 is 0 Å². The highest BCUT2D eigenvalue weighted by Crippen LogP contribution is 2.01. The van der Waals surface area contributed by atoms with Crippen LogP contribution in [0.15, 0.2) is 12.2 Å². The average molecular weight is 172 g/mol. The van der Waals surface area contributed by atoms with Crippen LogP contribution in [0.1, 0.15) is 6.92 Å². The molecule has 0 aromatic heterocycles. The highest BCUT2D eigenvalue weighted by Gasteiger charge is 2.14. The van der Waals surface area contributed by atoms with Crippen LogP contribution in [0.5, 0.6) is 0 Å². The van der Waals surface area contributed by atoms with E-state index >= 15 is 0 Å². The second kappa shape index (κ2) is 4.46. The average Bonchev–Trinajstić information content (AvgIpc) is 1.83.